The van der Waals surface area contributed by atoms with Crippen molar-refractivity contribution in [3.63, 3.8) is 0 Å². The van der Waals surface area contributed by atoms with E-state index in [1.54, 1.807) is 35.4 Å². The van der Waals surface area contributed by atoms with Gasteiger partial charge in [-0.1, -0.05) is 18.2 Å². The van der Waals surface area contributed by atoms with Crippen molar-refractivity contribution in [3.05, 3.63) is 48.2 Å². The largest absolute Gasteiger partial charge is 0.376 e. The molecule has 2 aromatic rings. The third-order valence-corrected chi connectivity index (χ3v) is 4.54. The molecule has 1 aromatic heterocycles. The molecule has 1 N–H and O–H groups in total. The second-order valence-electron chi connectivity index (χ2n) is 6.58. The summed E-state index contributed by atoms with van der Waals surface area (Å²) in [5.74, 6) is 0.496. The Morgan fingerprint density at radius 1 is 1.11 bits per heavy atom. The molecule has 27 heavy (non-hydrogen) atoms. The highest BCUT2D eigenvalue weighted by Crippen LogP contribution is 2.18. The van der Waals surface area contributed by atoms with Crippen LogP contribution in [0.4, 0.5) is 11.5 Å². The highest BCUT2D eigenvalue weighted by atomic mass is 16.2. The monoisotopic (exact) mass is 368 g/mol. The van der Waals surface area contributed by atoms with Crippen LogP contribution in [-0.2, 0) is 4.79 Å². The Morgan fingerprint density at radius 2 is 1.81 bits per heavy atom. The van der Waals surface area contributed by atoms with Gasteiger partial charge in [0.05, 0.1) is 18.4 Å². The predicted molar refractivity (Wildman–Crippen MR) is 104 cm³/mol. The fourth-order valence-electron chi connectivity index (χ4n) is 2.89. The number of nitrogens with zero attached hydrogens (tertiary/aromatic N) is 5. The van der Waals surface area contributed by atoms with E-state index in [9.17, 15) is 9.59 Å². The molecular weight excluding hydrogens is 344 g/mol. The van der Waals surface area contributed by atoms with Gasteiger partial charge in [-0.2, -0.15) is 5.10 Å². The first-order chi connectivity index (χ1) is 13.0. The van der Waals surface area contributed by atoms with E-state index in [1.165, 1.54) is 0 Å². The fraction of sp³-hybridized carbons (Fsp3) is 0.368. The third-order valence-electron chi connectivity index (χ3n) is 4.54. The zero-order valence-electron chi connectivity index (χ0n) is 15.6. The average Bonchev–Trinajstić information content (AvgIpc) is 2.72. The molecule has 142 valence electrons. The number of aromatic nitrogens is 2. The number of carbonyl (C=O) groups is 2. The zero-order valence-corrected chi connectivity index (χ0v) is 15.6. The zero-order chi connectivity index (χ0) is 19.2. The lowest BCUT2D eigenvalue weighted by Crippen LogP contribution is -2.51. The summed E-state index contributed by atoms with van der Waals surface area (Å²) in [4.78, 5) is 30.3. The molecule has 0 bridgehead atoms. The van der Waals surface area contributed by atoms with E-state index < -0.39 is 0 Å². The second-order valence-corrected chi connectivity index (χ2v) is 6.58. The van der Waals surface area contributed by atoms with Gasteiger partial charge in [0.25, 0.3) is 5.91 Å². The number of benzene rings is 1. The van der Waals surface area contributed by atoms with Crippen LogP contribution in [0, 0.1) is 0 Å². The van der Waals surface area contributed by atoms with E-state index in [0.717, 1.165) is 11.5 Å². The summed E-state index contributed by atoms with van der Waals surface area (Å²) in [6.45, 7) is 2.55. The Bertz CT molecular complexity index is 788. The molecule has 1 fully saturated rings. The predicted octanol–water partition coefficient (Wildman–Crippen LogP) is 0.621. The van der Waals surface area contributed by atoms with Gasteiger partial charge in [-0.15, -0.1) is 5.10 Å². The first-order valence-corrected chi connectivity index (χ1v) is 8.90. The van der Waals surface area contributed by atoms with E-state index in [0.29, 0.717) is 31.7 Å². The topological polar surface area (TPSA) is 81.7 Å². The van der Waals surface area contributed by atoms with Crippen molar-refractivity contribution in [2.24, 2.45) is 0 Å². The maximum atomic E-state index is 12.4. The van der Waals surface area contributed by atoms with E-state index in [2.05, 4.69) is 20.4 Å². The molecule has 0 spiro atoms. The number of anilines is 2. The van der Waals surface area contributed by atoms with Gasteiger partial charge in [0.15, 0.2) is 5.82 Å². The molecule has 0 unspecified atom stereocenters. The molecule has 0 atom stereocenters. The number of carbonyl (C=O) groups excluding carboxylic acids is 2. The molecule has 3 rings (SSSR count). The Hall–Kier alpha value is -3.16. The van der Waals surface area contributed by atoms with Crippen LogP contribution in [-0.4, -0.2) is 73.7 Å². The average molecular weight is 368 g/mol. The molecule has 0 aliphatic carbocycles. The van der Waals surface area contributed by atoms with Gasteiger partial charge in [0.2, 0.25) is 5.91 Å². The highest BCUT2D eigenvalue weighted by molar-refractivity contribution is 5.96. The van der Waals surface area contributed by atoms with Crippen LogP contribution in [0.3, 0.4) is 0 Å². The third kappa shape index (κ3) is 4.72. The Morgan fingerprint density at radius 3 is 2.48 bits per heavy atom. The normalized spacial score (nSPS) is 14.0. The molecule has 1 aromatic carbocycles. The number of hydrogen-bond donors (Lipinski definition) is 1. The lowest BCUT2D eigenvalue weighted by Gasteiger charge is -2.35. The van der Waals surface area contributed by atoms with E-state index in [-0.39, 0.29) is 18.4 Å². The summed E-state index contributed by atoms with van der Waals surface area (Å²) in [5.41, 5.74) is 1.54. The van der Waals surface area contributed by atoms with Crippen LogP contribution in [0.1, 0.15) is 10.4 Å². The minimum absolute atomic E-state index is 0.00362. The van der Waals surface area contributed by atoms with Crippen molar-refractivity contribution >= 4 is 23.3 Å². The number of hydrogen-bond acceptors (Lipinski definition) is 6. The molecular formula is C19H24N6O2. The number of amides is 2. The molecule has 1 saturated heterocycles. The maximum Gasteiger partial charge on any atom is 0.251 e. The summed E-state index contributed by atoms with van der Waals surface area (Å²) in [7, 11) is 3.92. The van der Waals surface area contributed by atoms with E-state index in [1.807, 2.05) is 31.1 Å². The van der Waals surface area contributed by atoms with Gasteiger partial charge in [-0.3, -0.25) is 9.59 Å². The summed E-state index contributed by atoms with van der Waals surface area (Å²) in [5, 5.41) is 10.9. The lowest BCUT2D eigenvalue weighted by atomic mass is 10.2. The first kappa shape index (κ1) is 18.6. The molecule has 8 nitrogen and oxygen atoms in total. The van der Waals surface area contributed by atoms with Gasteiger partial charge in [-0.25, -0.2) is 0 Å². The first-order valence-electron chi connectivity index (χ1n) is 8.90. The number of rotatable bonds is 5. The van der Waals surface area contributed by atoms with Crippen molar-refractivity contribution in [2.45, 2.75) is 0 Å². The van der Waals surface area contributed by atoms with Gasteiger partial charge < -0.3 is 20.0 Å². The van der Waals surface area contributed by atoms with Crippen LogP contribution < -0.4 is 15.1 Å². The standard InChI is InChI=1S/C19H24N6O2/c1-23(2)16-12-17(22-21-13-16)24-8-10-25(11-9-24)18(26)14-20-19(27)15-6-4-3-5-7-15/h3-7,12-13H,8-11,14H2,1-2H3,(H,20,27). The van der Waals surface area contributed by atoms with Crippen LogP contribution in [0.2, 0.25) is 0 Å². The van der Waals surface area contributed by atoms with E-state index in [4.69, 9.17) is 0 Å². The minimum Gasteiger partial charge on any atom is -0.376 e. The fourth-order valence-corrected chi connectivity index (χ4v) is 2.89. The van der Waals surface area contributed by atoms with Crippen molar-refractivity contribution in [1.82, 2.24) is 20.4 Å². The Balaban J connectivity index is 1.49. The molecule has 0 saturated carbocycles. The van der Waals surface area contributed by atoms with Crippen molar-refractivity contribution in [1.29, 1.82) is 0 Å². The Kier molecular flexibility index (Phi) is 5.85. The molecule has 2 heterocycles. The minimum atomic E-state index is -0.238. The quantitative estimate of drug-likeness (QED) is 0.833. The summed E-state index contributed by atoms with van der Waals surface area (Å²) < 4.78 is 0. The molecule has 8 heteroatoms. The SMILES string of the molecule is CN(C)c1cnnc(N2CCN(C(=O)CNC(=O)c3ccccc3)CC2)c1. The summed E-state index contributed by atoms with van der Waals surface area (Å²) >= 11 is 0. The van der Waals surface area contributed by atoms with Crippen LogP contribution >= 0.6 is 0 Å². The van der Waals surface area contributed by atoms with Crippen LogP contribution in [0.5, 0.6) is 0 Å². The number of piperazine rings is 1. The van der Waals surface area contributed by atoms with E-state index >= 15 is 0 Å². The summed E-state index contributed by atoms with van der Waals surface area (Å²) in [6.07, 6.45) is 1.72. The van der Waals surface area contributed by atoms with Gasteiger partial charge in [-0.05, 0) is 12.1 Å². The maximum absolute atomic E-state index is 12.4. The van der Waals surface area contributed by atoms with Crippen molar-refractivity contribution in [2.75, 3.05) is 56.6 Å². The Labute approximate surface area is 158 Å². The summed E-state index contributed by atoms with van der Waals surface area (Å²) in [6, 6.07) is 10.9. The van der Waals surface area contributed by atoms with Gasteiger partial charge in [0.1, 0.15) is 0 Å². The molecule has 1 aliphatic rings. The van der Waals surface area contributed by atoms with Gasteiger partial charge >= 0.3 is 0 Å². The second kappa shape index (κ2) is 8.48. The highest BCUT2D eigenvalue weighted by Gasteiger charge is 2.22. The number of nitrogens with one attached hydrogen (secondary N) is 1. The lowest BCUT2D eigenvalue weighted by molar-refractivity contribution is -0.130. The van der Waals surface area contributed by atoms with Crippen LogP contribution in [0.15, 0.2) is 42.6 Å². The van der Waals surface area contributed by atoms with Crippen molar-refractivity contribution < 1.29 is 9.59 Å². The van der Waals surface area contributed by atoms with Crippen LogP contribution in [0.25, 0.3) is 0 Å². The molecule has 0 radical (unpaired) electrons. The van der Waals surface area contributed by atoms with Crippen molar-refractivity contribution in [3.8, 4) is 0 Å². The molecule has 1 aliphatic heterocycles. The van der Waals surface area contributed by atoms with Gasteiger partial charge in [0, 0.05) is 51.9 Å². The smallest absolute Gasteiger partial charge is 0.251 e. The molecule has 2 amide bonds.